The van der Waals surface area contributed by atoms with Crippen LogP contribution in [0.25, 0.3) is 0 Å². The third-order valence-corrected chi connectivity index (χ3v) is 4.17. The molecule has 2 rings (SSSR count). The number of aryl methyl sites for hydroxylation is 2. The number of nitrogens with zero attached hydrogens (tertiary/aromatic N) is 2. The molecule has 0 saturated carbocycles. The van der Waals surface area contributed by atoms with E-state index in [4.69, 9.17) is 0 Å². The van der Waals surface area contributed by atoms with Crippen molar-refractivity contribution in [2.75, 3.05) is 0 Å². The van der Waals surface area contributed by atoms with Crippen molar-refractivity contribution < 1.29 is 14.7 Å². The Kier molecular flexibility index (Phi) is 5.07. The van der Waals surface area contributed by atoms with Gasteiger partial charge in [0.15, 0.2) is 6.04 Å². The van der Waals surface area contributed by atoms with Gasteiger partial charge in [-0.05, 0) is 51.3 Å². The van der Waals surface area contributed by atoms with Crippen molar-refractivity contribution in [1.82, 2.24) is 15.1 Å². The molecular weight excluding hydrogens is 306 g/mol. The number of carbonyl (C=O) groups excluding carboxylic acids is 1. The van der Waals surface area contributed by atoms with Crippen molar-refractivity contribution >= 4 is 11.9 Å². The first-order valence-electron chi connectivity index (χ1n) is 7.87. The number of aromatic nitrogens is 2. The Morgan fingerprint density at radius 1 is 1.17 bits per heavy atom. The number of carbonyl (C=O) groups is 2. The topological polar surface area (TPSA) is 84.2 Å². The van der Waals surface area contributed by atoms with E-state index in [0.29, 0.717) is 16.8 Å². The highest BCUT2D eigenvalue weighted by atomic mass is 16.4. The Balaban J connectivity index is 2.29. The second-order valence-corrected chi connectivity index (χ2v) is 6.27. The van der Waals surface area contributed by atoms with Gasteiger partial charge in [0.2, 0.25) is 0 Å². The average Bonchev–Trinajstić information content (AvgIpc) is 2.89. The van der Waals surface area contributed by atoms with Gasteiger partial charge in [-0.1, -0.05) is 18.2 Å². The Hall–Kier alpha value is -2.63. The van der Waals surface area contributed by atoms with E-state index in [1.165, 1.54) is 6.20 Å². The van der Waals surface area contributed by atoms with Gasteiger partial charge >= 0.3 is 5.97 Å². The standard InChI is InChI=1S/C18H23N3O3/c1-10(2)21-13(5)15(9-19-21)17(22)20-16(18(23)24)14-7-6-11(3)12(4)8-14/h6-10,16H,1-5H3,(H,20,22)(H,23,24). The highest BCUT2D eigenvalue weighted by molar-refractivity contribution is 5.97. The van der Waals surface area contributed by atoms with E-state index in [1.807, 2.05) is 33.8 Å². The highest BCUT2D eigenvalue weighted by Gasteiger charge is 2.25. The summed E-state index contributed by atoms with van der Waals surface area (Å²) in [6.07, 6.45) is 1.48. The molecule has 1 amide bonds. The first-order valence-corrected chi connectivity index (χ1v) is 7.87. The summed E-state index contributed by atoms with van der Waals surface area (Å²) in [4.78, 5) is 24.1. The first kappa shape index (κ1) is 17.7. The van der Waals surface area contributed by atoms with Gasteiger partial charge < -0.3 is 10.4 Å². The number of nitrogens with one attached hydrogen (secondary N) is 1. The normalized spacial score (nSPS) is 12.2. The fourth-order valence-corrected chi connectivity index (χ4v) is 2.61. The number of benzene rings is 1. The number of carboxylic acids is 1. The second-order valence-electron chi connectivity index (χ2n) is 6.27. The van der Waals surface area contributed by atoms with Crippen molar-refractivity contribution in [2.24, 2.45) is 0 Å². The number of hydrogen-bond donors (Lipinski definition) is 2. The lowest BCUT2D eigenvalue weighted by Crippen LogP contribution is -2.34. The van der Waals surface area contributed by atoms with Crippen molar-refractivity contribution in [3.05, 3.63) is 52.3 Å². The molecule has 6 heteroatoms. The molecule has 0 saturated heterocycles. The monoisotopic (exact) mass is 329 g/mol. The van der Waals surface area contributed by atoms with Crippen LogP contribution in [0, 0.1) is 20.8 Å². The van der Waals surface area contributed by atoms with Gasteiger partial charge in [-0.2, -0.15) is 5.10 Å². The zero-order valence-corrected chi connectivity index (χ0v) is 14.6. The second kappa shape index (κ2) is 6.86. The van der Waals surface area contributed by atoms with E-state index < -0.39 is 17.9 Å². The largest absolute Gasteiger partial charge is 0.479 e. The van der Waals surface area contributed by atoms with Crippen LogP contribution in [0.4, 0.5) is 0 Å². The molecule has 0 radical (unpaired) electrons. The summed E-state index contributed by atoms with van der Waals surface area (Å²) in [6.45, 7) is 9.61. The maximum absolute atomic E-state index is 12.5. The predicted octanol–water partition coefficient (Wildman–Crippen LogP) is 2.94. The SMILES string of the molecule is Cc1ccc(C(NC(=O)c2cnn(C(C)C)c2C)C(=O)O)cc1C. The molecule has 0 aliphatic carbocycles. The fourth-order valence-electron chi connectivity index (χ4n) is 2.61. The molecule has 1 aromatic carbocycles. The van der Waals surface area contributed by atoms with E-state index in [2.05, 4.69) is 10.4 Å². The van der Waals surface area contributed by atoms with Gasteiger partial charge in [-0.15, -0.1) is 0 Å². The van der Waals surface area contributed by atoms with E-state index in [9.17, 15) is 14.7 Å². The molecular formula is C18H23N3O3. The van der Waals surface area contributed by atoms with Gasteiger partial charge in [0.1, 0.15) is 0 Å². The molecule has 1 unspecified atom stereocenters. The maximum Gasteiger partial charge on any atom is 0.330 e. The van der Waals surface area contributed by atoms with Crippen molar-refractivity contribution in [1.29, 1.82) is 0 Å². The van der Waals surface area contributed by atoms with Crippen LogP contribution in [-0.4, -0.2) is 26.8 Å². The third-order valence-electron chi connectivity index (χ3n) is 4.17. The zero-order valence-electron chi connectivity index (χ0n) is 14.6. The molecule has 128 valence electrons. The third kappa shape index (κ3) is 3.48. The van der Waals surface area contributed by atoms with Crippen molar-refractivity contribution in [3.8, 4) is 0 Å². The number of rotatable bonds is 5. The molecule has 1 aromatic heterocycles. The van der Waals surface area contributed by atoms with Gasteiger partial charge in [0.25, 0.3) is 5.91 Å². The lowest BCUT2D eigenvalue weighted by atomic mass is 10.0. The number of hydrogen-bond acceptors (Lipinski definition) is 3. The van der Waals surface area contributed by atoms with E-state index in [1.54, 1.807) is 23.7 Å². The van der Waals surface area contributed by atoms with Crippen LogP contribution in [-0.2, 0) is 4.79 Å². The summed E-state index contributed by atoms with van der Waals surface area (Å²) >= 11 is 0. The molecule has 6 nitrogen and oxygen atoms in total. The fraction of sp³-hybridized carbons (Fsp3) is 0.389. The number of carboxylic acid groups (broad SMARTS) is 1. The number of aliphatic carboxylic acids is 1. The Morgan fingerprint density at radius 2 is 1.83 bits per heavy atom. The molecule has 0 fully saturated rings. The van der Waals surface area contributed by atoms with Gasteiger partial charge in [0, 0.05) is 11.7 Å². The summed E-state index contributed by atoms with van der Waals surface area (Å²) < 4.78 is 1.74. The quantitative estimate of drug-likeness (QED) is 0.883. The summed E-state index contributed by atoms with van der Waals surface area (Å²) in [5.41, 5.74) is 3.71. The molecule has 24 heavy (non-hydrogen) atoms. The lowest BCUT2D eigenvalue weighted by molar-refractivity contribution is -0.139. The summed E-state index contributed by atoms with van der Waals surface area (Å²) in [5.74, 6) is -1.54. The van der Waals surface area contributed by atoms with Crippen LogP contribution in [0.2, 0.25) is 0 Å². The smallest absolute Gasteiger partial charge is 0.330 e. The van der Waals surface area contributed by atoms with Crippen LogP contribution in [0.1, 0.15) is 58.7 Å². The van der Waals surface area contributed by atoms with Crippen LogP contribution in [0.15, 0.2) is 24.4 Å². The summed E-state index contributed by atoms with van der Waals surface area (Å²) in [7, 11) is 0. The van der Waals surface area contributed by atoms with Gasteiger partial charge in [-0.25, -0.2) is 4.79 Å². The molecule has 1 heterocycles. The first-order chi connectivity index (χ1) is 11.2. The minimum absolute atomic E-state index is 0.126. The van der Waals surface area contributed by atoms with Crippen molar-refractivity contribution in [3.63, 3.8) is 0 Å². The minimum Gasteiger partial charge on any atom is -0.479 e. The Labute approximate surface area is 141 Å². The summed E-state index contributed by atoms with van der Waals surface area (Å²) in [6, 6.07) is 4.40. The summed E-state index contributed by atoms with van der Waals surface area (Å²) in [5, 5.41) is 16.3. The van der Waals surface area contributed by atoms with Gasteiger partial charge in [-0.3, -0.25) is 9.48 Å². The van der Waals surface area contributed by atoms with Gasteiger partial charge in [0.05, 0.1) is 11.8 Å². The number of amides is 1. The minimum atomic E-state index is -1.10. The van der Waals surface area contributed by atoms with Crippen LogP contribution < -0.4 is 5.32 Å². The van der Waals surface area contributed by atoms with E-state index >= 15 is 0 Å². The average molecular weight is 329 g/mol. The van der Waals surface area contributed by atoms with Crippen LogP contribution in [0.3, 0.4) is 0 Å². The molecule has 0 spiro atoms. The van der Waals surface area contributed by atoms with Crippen LogP contribution >= 0.6 is 0 Å². The predicted molar refractivity (Wildman–Crippen MR) is 91.1 cm³/mol. The maximum atomic E-state index is 12.5. The zero-order chi connectivity index (χ0) is 18.0. The van der Waals surface area contributed by atoms with Crippen molar-refractivity contribution in [2.45, 2.75) is 46.7 Å². The van der Waals surface area contributed by atoms with E-state index in [-0.39, 0.29) is 6.04 Å². The highest BCUT2D eigenvalue weighted by Crippen LogP contribution is 2.19. The molecule has 0 aliphatic rings. The Bertz CT molecular complexity index is 778. The molecule has 2 aromatic rings. The Morgan fingerprint density at radius 3 is 2.33 bits per heavy atom. The lowest BCUT2D eigenvalue weighted by Gasteiger charge is -2.16. The molecule has 2 N–H and O–H groups in total. The molecule has 1 atom stereocenters. The molecule has 0 bridgehead atoms. The van der Waals surface area contributed by atoms with Crippen LogP contribution in [0.5, 0.6) is 0 Å². The van der Waals surface area contributed by atoms with E-state index in [0.717, 1.165) is 11.1 Å². The molecule has 0 aliphatic heterocycles.